The van der Waals surface area contributed by atoms with E-state index in [0.29, 0.717) is 11.7 Å². The lowest BCUT2D eigenvalue weighted by molar-refractivity contribution is 0.219. The minimum Gasteiger partial charge on any atom is -0.508 e. The van der Waals surface area contributed by atoms with Crippen molar-refractivity contribution >= 4 is 0 Å². The second-order valence-corrected chi connectivity index (χ2v) is 7.04. The van der Waals surface area contributed by atoms with Crippen molar-refractivity contribution in [2.75, 3.05) is 0 Å². The summed E-state index contributed by atoms with van der Waals surface area (Å²) in [6.07, 6.45) is 7.86. The van der Waals surface area contributed by atoms with Gasteiger partial charge in [0.15, 0.2) is 0 Å². The lowest BCUT2D eigenvalue weighted by atomic mass is 9.62. The van der Waals surface area contributed by atoms with Gasteiger partial charge in [-0.3, -0.25) is 0 Å². The number of para-hydroxylation sites is 1. The molecule has 1 nitrogen and oxygen atoms in total. The van der Waals surface area contributed by atoms with E-state index in [0.717, 1.165) is 11.5 Å². The van der Waals surface area contributed by atoms with E-state index in [2.05, 4.69) is 42.5 Å². The molecule has 0 amide bonds. The molecule has 0 spiro atoms. The normalized spacial score (nSPS) is 30.9. The molecule has 4 rings (SSSR count). The van der Waals surface area contributed by atoms with Gasteiger partial charge in [-0.1, -0.05) is 67.8 Å². The molecule has 1 heteroatoms. The Bertz CT molecular complexity index is 648. The van der Waals surface area contributed by atoms with Gasteiger partial charge in [0.25, 0.3) is 0 Å². The first-order chi connectivity index (χ1) is 10.8. The smallest absolute Gasteiger partial charge is 0.119 e. The Morgan fingerprint density at radius 3 is 2.36 bits per heavy atom. The number of phenolic OH excluding ortho intramolecular Hbond substituents is 1. The average molecular weight is 292 g/mol. The molecule has 1 N–H and O–H groups in total. The van der Waals surface area contributed by atoms with Crippen molar-refractivity contribution in [2.24, 2.45) is 11.8 Å². The molecule has 0 saturated heterocycles. The lowest BCUT2D eigenvalue weighted by Gasteiger charge is -2.41. The van der Waals surface area contributed by atoms with Gasteiger partial charge < -0.3 is 5.11 Å². The fourth-order valence-corrected chi connectivity index (χ4v) is 5.24. The Morgan fingerprint density at radius 2 is 1.55 bits per heavy atom. The van der Waals surface area contributed by atoms with E-state index in [4.69, 9.17) is 0 Å². The molecule has 2 aromatic carbocycles. The van der Waals surface area contributed by atoms with Gasteiger partial charge in [0, 0.05) is 11.0 Å². The third-order valence-corrected chi connectivity index (χ3v) is 6.13. The van der Waals surface area contributed by atoms with Crippen LogP contribution in [0.25, 0.3) is 0 Å². The van der Waals surface area contributed by atoms with E-state index in [9.17, 15) is 5.11 Å². The van der Waals surface area contributed by atoms with Crippen molar-refractivity contribution in [2.45, 2.75) is 43.9 Å². The molecule has 2 aromatic rings. The molecular weight excluding hydrogens is 268 g/mol. The third kappa shape index (κ3) is 1.99. The Labute approximate surface area is 133 Å². The standard InChI is InChI=1S/C21H24O/c22-20-13-7-6-12-19(20)21(17-9-2-1-3-10-17)15-14-16-8-4-5-11-18(16)21/h1-3,6-7,9-10,12-13,16,18,22H,4-5,8,11,14-15H2. The lowest BCUT2D eigenvalue weighted by Crippen LogP contribution is -2.35. The minimum absolute atomic E-state index is 0.0116. The van der Waals surface area contributed by atoms with Gasteiger partial charge in [-0.25, -0.2) is 0 Å². The van der Waals surface area contributed by atoms with E-state index in [1.165, 1.54) is 44.1 Å². The Balaban J connectivity index is 1.91. The molecular formula is C21H24O. The summed E-state index contributed by atoms with van der Waals surface area (Å²) in [5, 5.41) is 10.6. The molecule has 3 atom stereocenters. The van der Waals surface area contributed by atoms with Crippen LogP contribution in [0.2, 0.25) is 0 Å². The van der Waals surface area contributed by atoms with Crippen molar-refractivity contribution in [3.63, 3.8) is 0 Å². The van der Waals surface area contributed by atoms with E-state index in [-0.39, 0.29) is 5.41 Å². The van der Waals surface area contributed by atoms with Crippen molar-refractivity contribution in [1.29, 1.82) is 0 Å². The van der Waals surface area contributed by atoms with Crippen molar-refractivity contribution < 1.29 is 5.11 Å². The molecule has 3 unspecified atom stereocenters. The third-order valence-electron chi connectivity index (χ3n) is 6.13. The molecule has 0 aromatic heterocycles. The van der Waals surface area contributed by atoms with E-state index < -0.39 is 0 Å². The fourth-order valence-electron chi connectivity index (χ4n) is 5.24. The maximum atomic E-state index is 10.6. The number of fused-ring (bicyclic) bond motifs is 1. The second-order valence-electron chi connectivity index (χ2n) is 7.04. The molecule has 22 heavy (non-hydrogen) atoms. The number of benzene rings is 2. The number of hydrogen-bond donors (Lipinski definition) is 1. The monoisotopic (exact) mass is 292 g/mol. The van der Waals surface area contributed by atoms with Crippen molar-refractivity contribution in [3.05, 3.63) is 65.7 Å². The Morgan fingerprint density at radius 1 is 0.818 bits per heavy atom. The van der Waals surface area contributed by atoms with Crippen LogP contribution in [0.5, 0.6) is 5.75 Å². The van der Waals surface area contributed by atoms with Gasteiger partial charge in [0.05, 0.1) is 0 Å². The highest BCUT2D eigenvalue weighted by Crippen LogP contribution is 2.59. The summed E-state index contributed by atoms with van der Waals surface area (Å²) >= 11 is 0. The van der Waals surface area contributed by atoms with E-state index in [1.807, 2.05) is 12.1 Å². The van der Waals surface area contributed by atoms with Gasteiger partial charge in [0.1, 0.15) is 5.75 Å². The van der Waals surface area contributed by atoms with E-state index in [1.54, 1.807) is 0 Å². The zero-order valence-electron chi connectivity index (χ0n) is 13.0. The Hall–Kier alpha value is -1.76. The minimum atomic E-state index is 0.0116. The molecule has 0 heterocycles. The van der Waals surface area contributed by atoms with Crippen molar-refractivity contribution in [1.82, 2.24) is 0 Å². The van der Waals surface area contributed by atoms with Crippen LogP contribution in [0.4, 0.5) is 0 Å². The molecule has 114 valence electrons. The molecule has 2 aliphatic carbocycles. The molecule has 2 fully saturated rings. The summed E-state index contributed by atoms with van der Waals surface area (Å²) in [5.74, 6) is 1.98. The quantitative estimate of drug-likeness (QED) is 0.798. The van der Waals surface area contributed by atoms with Crippen LogP contribution in [-0.4, -0.2) is 5.11 Å². The predicted molar refractivity (Wildman–Crippen MR) is 90.0 cm³/mol. The molecule has 0 radical (unpaired) electrons. The first kappa shape index (κ1) is 13.9. The van der Waals surface area contributed by atoms with E-state index >= 15 is 0 Å². The summed E-state index contributed by atoms with van der Waals surface area (Å²) < 4.78 is 0. The van der Waals surface area contributed by atoms with Crippen molar-refractivity contribution in [3.8, 4) is 5.75 Å². The van der Waals surface area contributed by atoms with Gasteiger partial charge >= 0.3 is 0 Å². The zero-order chi connectivity index (χ0) is 15.0. The van der Waals surface area contributed by atoms with Crippen LogP contribution in [-0.2, 0) is 5.41 Å². The zero-order valence-corrected chi connectivity index (χ0v) is 13.0. The van der Waals surface area contributed by atoms with Gasteiger partial charge in [-0.05, 0) is 42.7 Å². The second kappa shape index (κ2) is 5.46. The average Bonchev–Trinajstić information content (AvgIpc) is 2.97. The van der Waals surface area contributed by atoms with Crippen LogP contribution in [0, 0.1) is 11.8 Å². The predicted octanol–water partition coefficient (Wildman–Crippen LogP) is 5.28. The molecule has 0 aliphatic heterocycles. The van der Waals surface area contributed by atoms with Crippen LogP contribution in [0.3, 0.4) is 0 Å². The summed E-state index contributed by atoms with van der Waals surface area (Å²) in [5.41, 5.74) is 2.55. The maximum Gasteiger partial charge on any atom is 0.119 e. The first-order valence-corrected chi connectivity index (χ1v) is 8.66. The topological polar surface area (TPSA) is 20.2 Å². The SMILES string of the molecule is Oc1ccccc1C1(c2ccccc2)CCC2CCCCC21. The van der Waals surface area contributed by atoms with Crippen LogP contribution >= 0.6 is 0 Å². The summed E-state index contributed by atoms with van der Waals surface area (Å²) in [6, 6.07) is 18.9. The van der Waals surface area contributed by atoms with Gasteiger partial charge in [0.2, 0.25) is 0 Å². The number of aromatic hydroxyl groups is 1. The highest BCUT2D eigenvalue weighted by molar-refractivity contribution is 5.48. The largest absolute Gasteiger partial charge is 0.508 e. The van der Waals surface area contributed by atoms with Gasteiger partial charge in [-0.15, -0.1) is 0 Å². The first-order valence-electron chi connectivity index (χ1n) is 8.66. The highest BCUT2D eigenvalue weighted by atomic mass is 16.3. The van der Waals surface area contributed by atoms with Crippen LogP contribution < -0.4 is 0 Å². The number of hydrogen-bond acceptors (Lipinski definition) is 1. The van der Waals surface area contributed by atoms with Gasteiger partial charge in [-0.2, -0.15) is 0 Å². The summed E-state index contributed by atoms with van der Waals surface area (Å²) in [6.45, 7) is 0. The fraction of sp³-hybridized carbons (Fsp3) is 0.429. The molecule has 0 bridgehead atoms. The molecule has 2 saturated carbocycles. The molecule has 2 aliphatic rings. The summed E-state index contributed by atoms with van der Waals surface area (Å²) in [4.78, 5) is 0. The highest BCUT2D eigenvalue weighted by Gasteiger charge is 2.51. The van der Waals surface area contributed by atoms with Crippen LogP contribution in [0.15, 0.2) is 54.6 Å². The van der Waals surface area contributed by atoms with Crippen LogP contribution in [0.1, 0.15) is 49.7 Å². The number of phenols is 1. The number of rotatable bonds is 2. The Kier molecular flexibility index (Phi) is 3.44. The maximum absolute atomic E-state index is 10.6. The summed E-state index contributed by atoms with van der Waals surface area (Å²) in [7, 11) is 0.